The number of ketones is 1. The van der Waals surface area contributed by atoms with Crippen molar-refractivity contribution in [1.29, 1.82) is 0 Å². The minimum atomic E-state index is -0.642. The van der Waals surface area contributed by atoms with Crippen LogP contribution >= 0.6 is 11.6 Å². The van der Waals surface area contributed by atoms with Gasteiger partial charge in [0.25, 0.3) is 0 Å². The number of benzene rings is 1. The number of ether oxygens (including phenoxy) is 3. The van der Waals surface area contributed by atoms with Crippen LogP contribution in [-0.4, -0.2) is 30.8 Å². The van der Waals surface area contributed by atoms with Crippen LogP contribution < -0.4 is 0 Å². The summed E-state index contributed by atoms with van der Waals surface area (Å²) in [7, 11) is 0. The number of fused-ring (bicyclic) bond motifs is 1. The first-order valence-corrected chi connectivity index (χ1v) is 9.46. The van der Waals surface area contributed by atoms with Gasteiger partial charge in [0.1, 0.15) is 12.2 Å². The van der Waals surface area contributed by atoms with E-state index in [0.29, 0.717) is 42.0 Å². The van der Waals surface area contributed by atoms with E-state index in [4.69, 9.17) is 25.8 Å². The van der Waals surface area contributed by atoms with Gasteiger partial charge in [0.05, 0.1) is 24.4 Å². The molecular formula is C20H23ClO5. The fourth-order valence-corrected chi connectivity index (χ4v) is 3.65. The van der Waals surface area contributed by atoms with Crippen LogP contribution in [0.1, 0.15) is 44.6 Å². The molecule has 1 aromatic rings. The van der Waals surface area contributed by atoms with Crippen molar-refractivity contribution in [2.45, 2.75) is 51.2 Å². The molecule has 0 amide bonds. The van der Waals surface area contributed by atoms with E-state index in [9.17, 15) is 9.59 Å². The molecule has 0 N–H and O–H groups in total. The highest BCUT2D eigenvalue weighted by atomic mass is 35.5. The van der Waals surface area contributed by atoms with Gasteiger partial charge < -0.3 is 14.2 Å². The third kappa shape index (κ3) is 4.21. The van der Waals surface area contributed by atoms with Crippen LogP contribution in [0.15, 0.2) is 30.5 Å². The molecule has 1 aromatic carbocycles. The molecule has 26 heavy (non-hydrogen) atoms. The zero-order chi connectivity index (χ0) is 18.5. The third-order valence-electron chi connectivity index (χ3n) is 4.85. The van der Waals surface area contributed by atoms with Gasteiger partial charge in [-0.25, -0.2) is 4.79 Å². The average Bonchev–Trinajstić information content (AvgIpc) is 2.63. The summed E-state index contributed by atoms with van der Waals surface area (Å²) < 4.78 is 16.2. The van der Waals surface area contributed by atoms with E-state index in [-0.39, 0.29) is 23.9 Å². The average molecular weight is 379 g/mol. The molecule has 1 aliphatic carbocycles. The van der Waals surface area contributed by atoms with Crippen molar-refractivity contribution in [2.75, 3.05) is 6.61 Å². The van der Waals surface area contributed by atoms with Crippen molar-refractivity contribution < 1.29 is 23.8 Å². The molecule has 0 radical (unpaired) electrons. The highest BCUT2D eigenvalue weighted by molar-refractivity contribution is 6.35. The zero-order valence-corrected chi connectivity index (χ0v) is 15.5. The first-order valence-electron chi connectivity index (χ1n) is 9.08. The third-order valence-corrected chi connectivity index (χ3v) is 5.18. The normalized spacial score (nSPS) is 24.9. The van der Waals surface area contributed by atoms with Crippen molar-refractivity contribution >= 4 is 29.1 Å². The molecule has 1 saturated carbocycles. The van der Waals surface area contributed by atoms with Gasteiger partial charge >= 0.3 is 6.16 Å². The Hall–Kier alpha value is -2.01. The van der Waals surface area contributed by atoms with Gasteiger partial charge in [0, 0.05) is 17.0 Å². The predicted molar refractivity (Wildman–Crippen MR) is 97.8 cm³/mol. The molecule has 0 saturated heterocycles. The number of hydrogen-bond acceptors (Lipinski definition) is 5. The molecular weight excluding hydrogens is 356 g/mol. The van der Waals surface area contributed by atoms with Crippen LogP contribution in [0.25, 0.3) is 5.57 Å². The molecule has 0 bridgehead atoms. The van der Waals surface area contributed by atoms with Gasteiger partial charge in [0.15, 0.2) is 5.78 Å². The molecule has 5 nitrogen and oxygen atoms in total. The fourth-order valence-electron chi connectivity index (χ4n) is 3.41. The molecule has 1 heterocycles. The Balaban J connectivity index is 1.61. The minimum absolute atomic E-state index is 0.0401. The number of allylic oxidation sites excluding steroid dienone is 1. The first-order chi connectivity index (χ1) is 12.6. The second-order valence-electron chi connectivity index (χ2n) is 6.66. The van der Waals surface area contributed by atoms with E-state index in [1.807, 2.05) is 25.1 Å². The summed E-state index contributed by atoms with van der Waals surface area (Å²) in [5.41, 5.74) is 1.20. The highest BCUT2D eigenvalue weighted by Gasteiger charge is 2.41. The molecule has 2 aliphatic rings. The standard InChI is InChI=1S/C20H23ClO5/c1-2-3-10-24-20(23)26-13-8-9-15-18(11-13)25-12-16(19(15)22)14-6-4-5-7-17(14)21/h4-7,12-13,15,18H,2-3,8-11H2,1H3. The van der Waals surface area contributed by atoms with Gasteiger partial charge in [-0.3, -0.25) is 4.79 Å². The van der Waals surface area contributed by atoms with E-state index in [1.54, 1.807) is 6.07 Å². The maximum Gasteiger partial charge on any atom is 0.508 e. The topological polar surface area (TPSA) is 61.8 Å². The number of Topliss-reactive ketones (excluding diaryl/α,β-unsaturated/α-hetero) is 1. The SMILES string of the molecule is CCCCOC(=O)OC1CCC2C(=O)C(c3ccccc3Cl)=COC2C1. The second kappa shape index (κ2) is 8.58. The predicted octanol–water partition coefficient (Wildman–Crippen LogP) is 4.77. The zero-order valence-electron chi connectivity index (χ0n) is 14.8. The molecule has 1 fully saturated rings. The summed E-state index contributed by atoms with van der Waals surface area (Å²) in [5, 5.41) is 0.529. The van der Waals surface area contributed by atoms with Crippen LogP contribution in [0.5, 0.6) is 0 Å². The van der Waals surface area contributed by atoms with Crippen LogP contribution in [0.3, 0.4) is 0 Å². The van der Waals surface area contributed by atoms with Crippen molar-refractivity contribution in [3.05, 3.63) is 41.1 Å². The summed E-state index contributed by atoms with van der Waals surface area (Å²) in [4.78, 5) is 24.6. The number of hydrogen-bond donors (Lipinski definition) is 0. The lowest BCUT2D eigenvalue weighted by Gasteiger charge is -2.37. The molecule has 3 rings (SSSR count). The summed E-state index contributed by atoms with van der Waals surface area (Å²) in [6, 6.07) is 7.24. The van der Waals surface area contributed by atoms with E-state index in [1.165, 1.54) is 6.26 Å². The minimum Gasteiger partial charge on any atom is -0.496 e. The van der Waals surface area contributed by atoms with Gasteiger partial charge in [-0.1, -0.05) is 43.1 Å². The Labute approximate surface area is 158 Å². The maximum atomic E-state index is 12.9. The lowest BCUT2D eigenvalue weighted by molar-refractivity contribution is -0.127. The molecule has 140 valence electrons. The first kappa shape index (κ1) is 18.8. The molecule has 0 aromatic heterocycles. The van der Waals surface area contributed by atoms with Gasteiger partial charge in [-0.2, -0.15) is 0 Å². The Morgan fingerprint density at radius 3 is 2.88 bits per heavy atom. The van der Waals surface area contributed by atoms with E-state index >= 15 is 0 Å². The Morgan fingerprint density at radius 2 is 2.12 bits per heavy atom. The Morgan fingerprint density at radius 1 is 1.31 bits per heavy atom. The number of carbonyl (C=O) groups excluding carboxylic acids is 2. The summed E-state index contributed by atoms with van der Waals surface area (Å²) >= 11 is 6.21. The highest BCUT2D eigenvalue weighted by Crippen LogP contribution is 2.38. The number of unbranched alkanes of at least 4 members (excludes halogenated alkanes) is 1. The van der Waals surface area contributed by atoms with Crippen molar-refractivity contribution in [3.63, 3.8) is 0 Å². The summed E-state index contributed by atoms with van der Waals surface area (Å²) in [6.45, 7) is 2.39. The molecule has 3 atom stereocenters. The summed E-state index contributed by atoms with van der Waals surface area (Å²) in [5.74, 6) is -0.194. The molecule has 3 unspecified atom stereocenters. The van der Waals surface area contributed by atoms with Crippen molar-refractivity contribution in [2.24, 2.45) is 5.92 Å². The van der Waals surface area contributed by atoms with Crippen molar-refractivity contribution in [1.82, 2.24) is 0 Å². The van der Waals surface area contributed by atoms with Gasteiger partial charge in [-0.15, -0.1) is 0 Å². The lowest BCUT2D eigenvalue weighted by atomic mass is 9.78. The number of rotatable bonds is 5. The second-order valence-corrected chi connectivity index (χ2v) is 7.07. The van der Waals surface area contributed by atoms with Crippen LogP contribution in [-0.2, 0) is 19.0 Å². The van der Waals surface area contributed by atoms with E-state index in [0.717, 1.165) is 12.8 Å². The smallest absolute Gasteiger partial charge is 0.496 e. The molecule has 1 aliphatic heterocycles. The largest absolute Gasteiger partial charge is 0.508 e. The summed E-state index contributed by atoms with van der Waals surface area (Å²) in [6.07, 6.45) is 3.78. The van der Waals surface area contributed by atoms with Crippen LogP contribution in [0.2, 0.25) is 5.02 Å². The van der Waals surface area contributed by atoms with Crippen LogP contribution in [0.4, 0.5) is 4.79 Å². The number of carbonyl (C=O) groups is 2. The van der Waals surface area contributed by atoms with E-state index < -0.39 is 6.16 Å². The molecule has 6 heteroatoms. The van der Waals surface area contributed by atoms with Gasteiger partial charge in [0.2, 0.25) is 0 Å². The monoisotopic (exact) mass is 378 g/mol. The van der Waals surface area contributed by atoms with E-state index in [2.05, 4.69) is 0 Å². The maximum absolute atomic E-state index is 12.9. The molecule has 0 spiro atoms. The Kier molecular flexibility index (Phi) is 6.20. The lowest BCUT2D eigenvalue weighted by Crippen LogP contribution is -2.42. The fraction of sp³-hybridized carbons (Fsp3) is 0.500. The Bertz CT molecular complexity index is 699. The van der Waals surface area contributed by atoms with Crippen LogP contribution in [0, 0.1) is 5.92 Å². The quantitative estimate of drug-likeness (QED) is 0.545. The number of halogens is 1. The van der Waals surface area contributed by atoms with Crippen molar-refractivity contribution in [3.8, 4) is 0 Å². The van der Waals surface area contributed by atoms with Gasteiger partial charge in [-0.05, 0) is 25.3 Å².